The lowest BCUT2D eigenvalue weighted by Crippen LogP contribution is -2.22. The highest BCUT2D eigenvalue weighted by atomic mass is 32.1. The monoisotopic (exact) mass is 506 g/mol. The van der Waals surface area contributed by atoms with Gasteiger partial charge in [-0.05, 0) is 23.8 Å². The molecule has 0 aliphatic carbocycles. The normalized spacial score (nSPS) is 12.5. The van der Waals surface area contributed by atoms with E-state index in [9.17, 15) is 22.8 Å². The molecule has 0 fully saturated rings. The number of halogens is 3. The van der Waals surface area contributed by atoms with E-state index in [1.807, 2.05) is 0 Å². The standard InChI is InChI=1S/C26H17F3N4O2S/c27-26(28,29)18-4-2-1-3-17(18)22(34)14-5-7-15(8-6-14)24-32-19-10-9-16(13-20(19)33-24)21(23(30)35)25-31-11-12-36-25/h1-13,21H,(H2,30,35)(H,32,33). The summed E-state index contributed by atoms with van der Waals surface area (Å²) in [6.45, 7) is 0. The summed E-state index contributed by atoms with van der Waals surface area (Å²) in [5, 5.41) is 2.36. The van der Waals surface area contributed by atoms with Gasteiger partial charge in [-0.15, -0.1) is 11.3 Å². The minimum atomic E-state index is -4.63. The maximum Gasteiger partial charge on any atom is 0.417 e. The Morgan fingerprint density at radius 2 is 1.75 bits per heavy atom. The number of carbonyl (C=O) groups excluding carboxylic acids is 2. The van der Waals surface area contributed by atoms with Gasteiger partial charge in [0, 0.05) is 28.3 Å². The number of H-pyrrole nitrogens is 1. The predicted molar refractivity (Wildman–Crippen MR) is 130 cm³/mol. The quantitative estimate of drug-likeness (QED) is 0.295. The average molecular weight is 507 g/mol. The molecule has 3 aromatic carbocycles. The molecule has 0 saturated carbocycles. The Morgan fingerprint density at radius 3 is 2.42 bits per heavy atom. The lowest BCUT2D eigenvalue weighted by molar-refractivity contribution is -0.137. The number of nitrogens with zero attached hydrogens (tertiary/aromatic N) is 2. The van der Waals surface area contributed by atoms with Gasteiger partial charge < -0.3 is 10.7 Å². The molecule has 10 heteroatoms. The number of rotatable bonds is 6. The third-order valence-electron chi connectivity index (χ3n) is 5.72. The van der Waals surface area contributed by atoms with Gasteiger partial charge in [-0.25, -0.2) is 9.97 Å². The number of thiazole rings is 1. The number of benzene rings is 3. The molecule has 5 rings (SSSR count). The van der Waals surface area contributed by atoms with Gasteiger partial charge in [-0.3, -0.25) is 9.59 Å². The van der Waals surface area contributed by atoms with Crippen molar-refractivity contribution in [3.63, 3.8) is 0 Å². The van der Waals surface area contributed by atoms with E-state index in [0.29, 0.717) is 27.5 Å². The number of primary amides is 1. The second-order valence-electron chi connectivity index (χ2n) is 8.02. The van der Waals surface area contributed by atoms with E-state index >= 15 is 0 Å². The SMILES string of the molecule is NC(=O)C(c1ccc2[nH]c(-c3ccc(C(=O)c4ccccc4C(F)(F)F)cc3)nc2c1)c1nccs1. The van der Waals surface area contributed by atoms with E-state index < -0.39 is 34.9 Å². The van der Waals surface area contributed by atoms with Gasteiger partial charge in [0.1, 0.15) is 16.7 Å². The minimum absolute atomic E-state index is 0.126. The lowest BCUT2D eigenvalue weighted by Gasteiger charge is -2.11. The zero-order valence-corrected chi connectivity index (χ0v) is 19.2. The van der Waals surface area contributed by atoms with E-state index in [0.717, 1.165) is 11.6 Å². The number of fused-ring (bicyclic) bond motifs is 1. The number of ketones is 1. The molecule has 2 heterocycles. The molecule has 0 aliphatic rings. The summed E-state index contributed by atoms with van der Waals surface area (Å²) in [6, 6.07) is 16.2. The first-order chi connectivity index (χ1) is 17.2. The Kier molecular flexibility index (Phi) is 5.89. The molecule has 3 N–H and O–H groups in total. The maximum absolute atomic E-state index is 13.3. The van der Waals surface area contributed by atoms with Crippen LogP contribution >= 0.6 is 11.3 Å². The first kappa shape index (κ1) is 23.4. The fraction of sp³-hybridized carbons (Fsp3) is 0.0769. The summed E-state index contributed by atoms with van der Waals surface area (Å²) in [6.07, 6.45) is -3.02. The van der Waals surface area contributed by atoms with Crippen LogP contribution in [0.15, 0.2) is 78.3 Å². The number of nitrogens with two attached hydrogens (primary N) is 1. The Morgan fingerprint density at radius 1 is 1.00 bits per heavy atom. The summed E-state index contributed by atoms with van der Waals surface area (Å²) in [5.74, 6) is -1.43. The summed E-state index contributed by atoms with van der Waals surface area (Å²) in [4.78, 5) is 36.9. The number of amides is 1. The largest absolute Gasteiger partial charge is 0.417 e. The smallest absolute Gasteiger partial charge is 0.369 e. The van der Waals surface area contributed by atoms with Crippen molar-refractivity contribution in [2.24, 2.45) is 5.73 Å². The zero-order valence-electron chi connectivity index (χ0n) is 18.4. The van der Waals surface area contributed by atoms with E-state index in [1.54, 1.807) is 41.9 Å². The molecule has 0 spiro atoms. The second-order valence-corrected chi connectivity index (χ2v) is 8.94. The molecule has 0 saturated heterocycles. The Bertz CT molecular complexity index is 1580. The molecule has 1 atom stereocenters. The Hall–Kier alpha value is -4.31. The fourth-order valence-electron chi connectivity index (χ4n) is 4.01. The van der Waals surface area contributed by atoms with Crippen molar-refractivity contribution in [2.45, 2.75) is 12.1 Å². The van der Waals surface area contributed by atoms with Crippen LogP contribution in [0, 0.1) is 0 Å². The topological polar surface area (TPSA) is 102 Å². The number of carbonyl (C=O) groups is 2. The third-order valence-corrected chi connectivity index (χ3v) is 6.56. The van der Waals surface area contributed by atoms with Gasteiger partial charge >= 0.3 is 6.18 Å². The van der Waals surface area contributed by atoms with Crippen LogP contribution in [0.5, 0.6) is 0 Å². The van der Waals surface area contributed by atoms with Crippen molar-refractivity contribution in [3.05, 3.63) is 106 Å². The molecule has 1 unspecified atom stereocenters. The van der Waals surface area contributed by atoms with Crippen LogP contribution in [0.2, 0.25) is 0 Å². The highest BCUT2D eigenvalue weighted by Crippen LogP contribution is 2.33. The number of alkyl halides is 3. The molecule has 180 valence electrons. The summed E-state index contributed by atoms with van der Waals surface area (Å²) >= 11 is 1.34. The molecule has 0 radical (unpaired) electrons. The molecular formula is C26H17F3N4O2S. The van der Waals surface area contributed by atoms with Gasteiger partial charge in [0.25, 0.3) is 0 Å². The molecule has 36 heavy (non-hydrogen) atoms. The van der Waals surface area contributed by atoms with Crippen molar-refractivity contribution in [1.82, 2.24) is 15.0 Å². The average Bonchev–Trinajstić information content (AvgIpc) is 3.53. The van der Waals surface area contributed by atoms with Gasteiger partial charge in [-0.2, -0.15) is 13.2 Å². The van der Waals surface area contributed by atoms with Crippen LogP contribution in [0.25, 0.3) is 22.4 Å². The molecule has 6 nitrogen and oxygen atoms in total. The molecule has 0 aliphatic heterocycles. The first-order valence-corrected chi connectivity index (χ1v) is 11.6. The molecule has 5 aromatic rings. The number of aromatic amines is 1. The second kappa shape index (κ2) is 9.04. The summed E-state index contributed by atoms with van der Waals surface area (Å²) in [7, 11) is 0. The number of imidazole rings is 1. The van der Waals surface area contributed by atoms with Crippen LogP contribution in [0.4, 0.5) is 13.2 Å². The first-order valence-electron chi connectivity index (χ1n) is 10.7. The van der Waals surface area contributed by atoms with Gasteiger partial charge in [0.05, 0.1) is 16.6 Å². The van der Waals surface area contributed by atoms with Crippen molar-refractivity contribution in [3.8, 4) is 11.4 Å². The molecule has 1 amide bonds. The van der Waals surface area contributed by atoms with Crippen molar-refractivity contribution < 1.29 is 22.8 Å². The van der Waals surface area contributed by atoms with E-state index in [1.165, 1.54) is 41.7 Å². The molecule has 0 bridgehead atoms. The Labute approximate surface area is 206 Å². The number of aromatic nitrogens is 3. The zero-order chi connectivity index (χ0) is 25.4. The van der Waals surface area contributed by atoms with Crippen molar-refractivity contribution in [1.29, 1.82) is 0 Å². The van der Waals surface area contributed by atoms with Crippen LogP contribution in [0.1, 0.15) is 38.0 Å². The minimum Gasteiger partial charge on any atom is -0.369 e. The van der Waals surface area contributed by atoms with E-state index in [4.69, 9.17) is 5.73 Å². The highest BCUT2D eigenvalue weighted by Gasteiger charge is 2.35. The predicted octanol–water partition coefficient (Wildman–Crippen LogP) is 5.55. The van der Waals surface area contributed by atoms with Crippen LogP contribution < -0.4 is 5.73 Å². The number of hydrogen-bond donors (Lipinski definition) is 2. The van der Waals surface area contributed by atoms with Crippen LogP contribution in [-0.4, -0.2) is 26.6 Å². The van der Waals surface area contributed by atoms with Gasteiger partial charge in [0.15, 0.2) is 5.78 Å². The van der Waals surface area contributed by atoms with E-state index in [-0.39, 0.29) is 5.56 Å². The van der Waals surface area contributed by atoms with Gasteiger partial charge in [0.2, 0.25) is 5.91 Å². The maximum atomic E-state index is 13.3. The van der Waals surface area contributed by atoms with Crippen LogP contribution in [0.3, 0.4) is 0 Å². The molecular weight excluding hydrogens is 489 g/mol. The summed E-state index contributed by atoms with van der Waals surface area (Å²) < 4.78 is 40.0. The molecule has 2 aromatic heterocycles. The lowest BCUT2D eigenvalue weighted by atomic mass is 9.97. The number of nitrogens with one attached hydrogen (secondary N) is 1. The van der Waals surface area contributed by atoms with Crippen molar-refractivity contribution in [2.75, 3.05) is 0 Å². The van der Waals surface area contributed by atoms with Gasteiger partial charge in [-0.1, -0.05) is 48.5 Å². The highest BCUT2D eigenvalue weighted by molar-refractivity contribution is 7.09. The van der Waals surface area contributed by atoms with Crippen LogP contribution in [-0.2, 0) is 11.0 Å². The Balaban J connectivity index is 1.45. The summed E-state index contributed by atoms with van der Waals surface area (Å²) in [5.41, 5.74) is 6.99. The number of hydrogen-bond acceptors (Lipinski definition) is 5. The van der Waals surface area contributed by atoms with Crippen molar-refractivity contribution >= 4 is 34.1 Å². The third kappa shape index (κ3) is 4.38. The fourth-order valence-corrected chi connectivity index (χ4v) is 4.78. The van der Waals surface area contributed by atoms with E-state index in [2.05, 4.69) is 15.0 Å².